The van der Waals surface area contributed by atoms with Crippen molar-refractivity contribution in [2.45, 2.75) is 0 Å². The average Bonchev–Trinajstić information content (AvgIpc) is 1.92. The predicted molar refractivity (Wildman–Crippen MR) is 47.0 cm³/mol. The summed E-state index contributed by atoms with van der Waals surface area (Å²) in [6.45, 7) is 0. The van der Waals surface area contributed by atoms with Gasteiger partial charge in [-0.3, -0.25) is 0 Å². The highest BCUT2D eigenvalue weighted by atomic mass is 36.0. The van der Waals surface area contributed by atoms with Crippen LogP contribution in [0.2, 0.25) is 0 Å². The molecule has 0 saturated carbocycles. The predicted octanol–water partition coefficient (Wildman–Crippen LogP) is 2.67. The number of hydrogen-bond acceptors (Lipinski definition) is 2. The summed E-state index contributed by atoms with van der Waals surface area (Å²) in [5, 5.41) is 0. The van der Waals surface area contributed by atoms with Crippen molar-refractivity contribution in [1.82, 2.24) is 0 Å². The van der Waals surface area contributed by atoms with Crippen molar-refractivity contribution in [2.24, 2.45) is 0 Å². The van der Waals surface area contributed by atoms with Gasteiger partial charge in [-0.1, -0.05) is 12.1 Å². The minimum atomic E-state index is -3.72. The Kier molecular flexibility index (Phi) is 5.20. The van der Waals surface area contributed by atoms with Gasteiger partial charge < -0.3 is 0 Å². The van der Waals surface area contributed by atoms with Gasteiger partial charge in [-0.05, 0) is 12.1 Å². The van der Waals surface area contributed by atoms with Crippen LogP contribution in [0.1, 0.15) is 0 Å². The molecule has 2 nitrogen and oxygen atoms in total. The quantitative estimate of drug-likeness (QED) is 0.662. The van der Waals surface area contributed by atoms with Crippen LogP contribution < -0.4 is 0 Å². The van der Waals surface area contributed by atoms with Crippen molar-refractivity contribution >= 4 is 29.6 Å². The Morgan fingerprint density at radius 3 is 1.38 bits per heavy atom. The largest absolute Gasteiger partial charge is 0.317 e. The van der Waals surface area contributed by atoms with Crippen LogP contribution in [0.3, 0.4) is 0 Å². The average molecular weight is 249 g/mol. The van der Waals surface area contributed by atoms with Gasteiger partial charge in [0.2, 0.25) is 0 Å². The molecule has 7 heteroatoms. The first-order chi connectivity index (χ1) is 5.80. The second-order valence-corrected chi connectivity index (χ2v) is 5.46. The number of halogens is 4. The Bertz CT molecular complexity index is 338. The van der Waals surface area contributed by atoms with E-state index >= 15 is 0 Å². The monoisotopic (exact) mass is 248 g/mol. The van der Waals surface area contributed by atoms with Crippen molar-refractivity contribution in [1.29, 1.82) is 0 Å². The third-order valence-electron chi connectivity index (χ3n) is 0.824. The van der Waals surface area contributed by atoms with E-state index < -0.39 is 19.9 Å². The van der Waals surface area contributed by atoms with E-state index in [0.29, 0.717) is 0 Å². The first-order valence-corrected chi connectivity index (χ1v) is 5.98. The van der Waals surface area contributed by atoms with Gasteiger partial charge in [-0.2, -0.15) is 8.42 Å². The maximum absolute atomic E-state index is 11.9. The van der Waals surface area contributed by atoms with E-state index in [1.165, 1.54) is 12.1 Å². The lowest BCUT2D eigenvalue weighted by Gasteiger charge is -1.85. The van der Waals surface area contributed by atoms with Crippen LogP contribution in [-0.2, 0) is 8.26 Å². The maximum Gasteiger partial charge on any atom is 0.317 e. The Balaban J connectivity index is 0.000000252. The highest BCUT2D eigenvalue weighted by molar-refractivity contribution is 8.31. The maximum atomic E-state index is 11.9. The molecule has 0 aliphatic heterocycles. The molecule has 0 unspecified atom stereocenters. The van der Waals surface area contributed by atoms with Gasteiger partial charge in [0, 0.05) is 21.4 Å². The van der Waals surface area contributed by atoms with Crippen LogP contribution in [0.5, 0.6) is 0 Å². The fourth-order valence-electron chi connectivity index (χ4n) is 0.439. The normalized spacial score (nSPS) is 10.2. The Labute approximate surface area is 83.0 Å². The molecule has 13 heavy (non-hydrogen) atoms. The van der Waals surface area contributed by atoms with Crippen LogP contribution in [0.4, 0.5) is 8.78 Å². The molecule has 0 amide bonds. The van der Waals surface area contributed by atoms with Crippen LogP contribution in [-0.4, -0.2) is 8.42 Å². The number of hydrogen-bond donors (Lipinski definition) is 0. The summed E-state index contributed by atoms with van der Waals surface area (Å²) in [6.07, 6.45) is 0. The van der Waals surface area contributed by atoms with Gasteiger partial charge in [0.05, 0.1) is 0 Å². The van der Waals surface area contributed by atoms with Crippen molar-refractivity contribution in [3.8, 4) is 0 Å². The molecule has 0 bridgehead atoms. The standard InChI is InChI=1S/C6H4F2.Cl2O2S/c7-5-3-1-2-4-6(5)8;1-5(2,3)4/h1-4H;. The van der Waals surface area contributed by atoms with Gasteiger partial charge in [0.25, 0.3) is 0 Å². The van der Waals surface area contributed by atoms with E-state index in [1.807, 2.05) is 0 Å². The van der Waals surface area contributed by atoms with Crippen molar-refractivity contribution in [3.63, 3.8) is 0 Å². The van der Waals surface area contributed by atoms with Crippen LogP contribution in [0.25, 0.3) is 0 Å². The summed E-state index contributed by atoms with van der Waals surface area (Å²) >= 11 is 0. The van der Waals surface area contributed by atoms with E-state index in [-0.39, 0.29) is 0 Å². The SMILES string of the molecule is Fc1ccccc1F.O=S(=O)(Cl)Cl. The lowest BCUT2D eigenvalue weighted by atomic mass is 10.3. The zero-order chi connectivity index (χ0) is 10.5. The van der Waals surface area contributed by atoms with E-state index in [4.69, 9.17) is 8.42 Å². The zero-order valence-electron chi connectivity index (χ0n) is 6.05. The number of rotatable bonds is 0. The second kappa shape index (κ2) is 5.36. The molecule has 0 aromatic heterocycles. The van der Waals surface area contributed by atoms with Crippen LogP contribution >= 0.6 is 21.4 Å². The van der Waals surface area contributed by atoms with Gasteiger partial charge in [-0.15, -0.1) is 0 Å². The summed E-state index contributed by atoms with van der Waals surface area (Å²) < 4.78 is 42.2. The first kappa shape index (κ1) is 12.6. The van der Waals surface area contributed by atoms with Crippen LogP contribution in [0.15, 0.2) is 24.3 Å². The topological polar surface area (TPSA) is 34.1 Å². The minimum Gasteiger partial charge on any atom is -0.204 e. The summed E-state index contributed by atoms with van der Waals surface area (Å²) in [5.74, 6) is -1.60. The van der Waals surface area contributed by atoms with Crippen molar-refractivity contribution in [2.75, 3.05) is 0 Å². The minimum absolute atomic E-state index is 0.799. The van der Waals surface area contributed by atoms with Gasteiger partial charge in [-0.25, -0.2) is 8.78 Å². The molecule has 0 atom stereocenters. The molecule has 0 aliphatic carbocycles. The Morgan fingerprint density at radius 2 is 1.23 bits per heavy atom. The molecule has 1 rings (SSSR count). The third kappa shape index (κ3) is 9.52. The molecular formula is C6H4Cl2F2O2S. The third-order valence-corrected chi connectivity index (χ3v) is 0.824. The highest BCUT2D eigenvalue weighted by Crippen LogP contribution is 2.01. The fraction of sp³-hybridized carbons (Fsp3) is 0. The summed E-state index contributed by atoms with van der Waals surface area (Å²) in [4.78, 5) is 0. The second-order valence-electron chi connectivity index (χ2n) is 1.79. The fourth-order valence-corrected chi connectivity index (χ4v) is 0.439. The molecule has 0 spiro atoms. The number of benzene rings is 1. The molecule has 0 saturated heterocycles. The van der Waals surface area contributed by atoms with E-state index in [0.717, 1.165) is 12.1 Å². The molecule has 0 N–H and O–H groups in total. The lowest BCUT2D eigenvalue weighted by molar-refractivity contribution is 0.508. The molecule has 0 heterocycles. The van der Waals surface area contributed by atoms with Crippen molar-refractivity contribution < 1.29 is 17.2 Å². The highest BCUT2D eigenvalue weighted by Gasteiger charge is 1.93. The molecule has 0 fully saturated rings. The molecule has 1 aromatic carbocycles. The summed E-state index contributed by atoms with van der Waals surface area (Å²) in [7, 11) is 4.81. The first-order valence-electron chi connectivity index (χ1n) is 2.85. The van der Waals surface area contributed by atoms with E-state index in [9.17, 15) is 8.78 Å². The van der Waals surface area contributed by atoms with E-state index in [1.54, 1.807) is 0 Å². The Morgan fingerprint density at radius 1 is 1.00 bits per heavy atom. The lowest BCUT2D eigenvalue weighted by Crippen LogP contribution is -1.77. The van der Waals surface area contributed by atoms with E-state index in [2.05, 4.69) is 21.4 Å². The van der Waals surface area contributed by atoms with Gasteiger partial charge in [0.15, 0.2) is 11.6 Å². The van der Waals surface area contributed by atoms with Crippen molar-refractivity contribution in [3.05, 3.63) is 35.9 Å². The molecular weight excluding hydrogens is 245 g/mol. The van der Waals surface area contributed by atoms with Crippen LogP contribution in [0, 0.1) is 11.6 Å². The zero-order valence-corrected chi connectivity index (χ0v) is 8.37. The van der Waals surface area contributed by atoms with Gasteiger partial charge >= 0.3 is 8.26 Å². The molecule has 1 aromatic rings. The molecule has 0 radical (unpaired) electrons. The smallest absolute Gasteiger partial charge is 0.204 e. The summed E-state index contributed by atoms with van der Waals surface area (Å²) in [5.41, 5.74) is 0. The summed E-state index contributed by atoms with van der Waals surface area (Å²) in [6, 6.07) is 5.04. The molecule has 0 aliphatic rings. The Hall–Kier alpha value is -0.390. The molecule has 74 valence electrons. The van der Waals surface area contributed by atoms with Gasteiger partial charge in [0.1, 0.15) is 0 Å².